The molecule has 58 valence electrons. The van der Waals surface area contributed by atoms with Crippen LogP contribution in [-0.4, -0.2) is 16.7 Å². The van der Waals surface area contributed by atoms with Crippen molar-refractivity contribution < 1.29 is 10.0 Å². The Kier molecular flexibility index (Phi) is 4.54. The van der Waals surface area contributed by atoms with Crippen LogP contribution in [0, 0.1) is 0 Å². The van der Waals surface area contributed by atoms with Crippen LogP contribution < -0.4 is 0 Å². The van der Waals surface area contributed by atoms with Crippen LogP contribution in [0.5, 0.6) is 0 Å². The molecule has 0 aromatic rings. The van der Waals surface area contributed by atoms with E-state index in [9.17, 15) is 4.79 Å². The van der Waals surface area contributed by atoms with E-state index >= 15 is 0 Å². The lowest BCUT2D eigenvalue weighted by molar-refractivity contribution is -0.117. The lowest BCUT2D eigenvalue weighted by atomic mass is 10.1. The molecular weight excluding hydrogens is 130 g/mol. The molecule has 0 radical (unpaired) electrons. The van der Waals surface area contributed by atoms with Gasteiger partial charge in [0.15, 0.2) is 0 Å². The van der Waals surface area contributed by atoms with E-state index in [0.717, 1.165) is 6.42 Å². The lowest BCUT2D eigenvalue weighted by Gasteiger charge is -1.94. The van der Waals surface area contributed by atoms with Gasteiger partial charge < -0.3 is 10.0 Å². The van der Waals surface area contributed by atoms with Crippen LogP contribution in [0.3, 0.4) is 0 Å². The Balaban J connectivity index is 3.29. The Bertz CT molecular complexity index is 141. The van der Waals surface area contributed by atoms with Crippen molar-refractivity contribution in [2.24, 2.45) is 5.16 Å². The summed E-state index contributed by atoms with van der Waals surface area (Å²) in [6.45, 7) is 3.30. The Hall–Kier alpha value is -0.860. The number of carbonyl (C=O) groups excluding carboxylic acids is 1. The molecule has 3 heteroatoms. The van der Waals surface area contributed by atoms with Crippen LogP contribution in [0.4, 0.5) is 0 Å². The molecule has 0 saturated heterocycles. The zero-order valence-corrected chi connectivity index (χ0v) is 6.42. The summed E-state index contributed by atoms with van der Waals surface area (Å²) in [7, 11) is 0. The second-order valence-electron chi connectivity index (χ2n) is 2.39. The molecule has 0 spiro atoms. The van der Waals surface area contributed by atoms with E-state index in [1.807, 2.05) is 0 Å². The first-order valence-electron chi connectivity index (χ1n) is 3.33. The molecule has 0 amide bonds. The molecule has 0 atom stereocenters. The van der Waals surface area contributed by atoms with E-state index in [0.29, 0.717) is 18.6 Å². The minimum absolute atomic E-state index is 0.186. The van der Waals surface area contributed by atoms with E-state index < -0.39 is 0 Å². The van der Waals surface area contributed by atoms with Crippen molar-refractivity contribution in [3.63, 3.8) is 0 Å². The van der Waals surface area contributed by atoms with Gasteiger partial charge >= 0.3 is 0 Å². The van der Waals surface area contributed by atoms with Crippen LogP contribution in [0.1, 0.15) is 33.1 Å². The molecule has 0 saturated carbocycles. The van der Waals surface area contributed by atoms with Crippen molar-refractivity contribution in [1.29, 1.82) is 0 Å². The average molecular weight is 143 g/mol. The summed E-state index contributed by atoms with van der Waals surface area (Å²) < 4.78 is 0. The third kappa shape index (κ3) is 5.28. The highest BCUT2D eigenvalue weighted by Crippen LogP contribution is 1.97. The summed E-state index contributed by atoms with van der Waals surface area (Å²) in [5, 5.41) is 11.2. The molecule has 0 aromatic carbocycles. The minimum Gasteiger partial charge on any atom is -0.411 e. The quantitative estimate of drug-likeness (QED) is 0.369. The number of rotatable bonds is 4. The van der Waals surface area contributed by atoms with Gasteiger partial charge in [0.05, 0.1) is 5.71 Å². The number of Topliss-reactive ketones (excluding diaryl/α,β-unsaturated/α-hetero) is 1. The summed E-state index contributed by atoms with van der Waals surface area (Å²) in [5.41, 5.74) is 0.682. The highest BCUT2D eigenvalue weighted by Gasteiger charge is 1.95. The van der Waals surface area contributed by atoms with Gasteiger partial charge in [0.25, 0.3) is 0 Å². The number of nitrogens with zero attached hydrogens (tertiary/aromatic N) is 1. The number of hydrogen-bond acceptors (Lipinski definition) is 3. The smallest absolute Gasteiger partial charge is 0.129 e. The standard InChI is InChI=1S/C7H13NO2/c1-6(8-10)4-3-5-7(2)9/h10H,3-5H2,1-2H3/b8-6-. The third-order valence-electron chi connectivity index (χ3n) is 1.24. The fourth-order valence-electron chi connectivity index (χ4n) is 0.643. The Morgan fingerprint density at radius 3 is 2.40 bits per heavy atom. The van der Waals surface area contributed by atoms with Crippen LogP contribution in [0.25, 0.3) is 0 Å². The number of ketones is 1. The van der Waals surface area contributed by atoms with Crippen molar-refractivity contribution in [3.8, 4) is 0 Å². The monoisotopic (exact) mass is 143 g/mol. The van der Waals surface area contributed by atoms with E-state index in [2.05, 4.69) is 5.16 Å². The second-order valence-corrected chi connectivity index (χ2v) is 2.39. The molecule has 0 aliphatic carbocycles. The van der Waals surface area contributed by atoms with Gasteiger partial charge in [-0.25, -0.2) is 0 Å². The molecule has 0 heterocycles. The van der Waals surface area contributed by atoms with Crippen molar-refractivity contribution in [2.75, 3.05) is 0 Å². The zero-order valence-electron chi connectivity index (χ0n) is 6.42. The molecular formula is C7H13NO2. The van der Waals surface area contributed by atoms with E-state index in [1.54, 1.807) is 13.8 Å². The number of oxime groups is 1. The van der Waals surface area contributed by atoms with Gasteiger partial charge in [0.2, 0.25) is 0 Å². The van der Waals surface area contributed by atoms with Gasteiger partial charge in [-0.1, -0.05) is 5.16 Å². The maximum absolute atomic E-state index is 10.4. The highest BCUT2D eigenvalue weighted by atomic mass is 16.4. The zero-order chi connectivity index (χ0) is 7.98. The fraction of sp³-hybridized carbons (Fsp3) is 0.714. The SMILES string of the molecule is CC(=O)CCC/C(C)=N\O. The number of carbonyl (C=O) groups is 1. The molecule has 10 heavy (non-hydrogen) atoms. The van der Waals surface area contributed by atoms with Gasteiger partial charge in [-0.05, 0) is 26.7 Å². The Labute approximate surface area is 60.7 Å². The Morgan fingerprint density at radius 2 is 2.00 bits per heavy atom. The largest absolute Gasteiger partial charge is 0.411 e. The summed E-state index contributed by atoms with van der Waals surface area (Å²) in [6.07, 6.45) is 2.06. The van der Waals surface area contributed by atoms with Gasteiger partial charge in [-0.3, -0.25) is 0 Å². The predicted octanol–water partition coefficient (Wildman–Crippen LogP) is 1.60. The van der Waals surface area contributed by atoms with Crippen molar-refractivity contribution in [1.82, 2.24) is 0 Å². The topological polar surface area (TPSA) is 49.7 Å². The molecule has 0 bridgehead atoms. The first-order chi connectivity index (χ1) is 4.66. The lowest BCUT2D eigenvalue weighted by Crippen LogP contribution is -1.94. The van der Waals surface area contributed by atoms with E-state index in [4.69, 9.17) is 5.21 Å². The highest BCUT2D eigenvalue weighted by molar-refractivity contribution is 5.82. The average Bonchev–Trinajstić information content (AvgIpc) is 1.87. The van der Waals surface area contributed by atoms with Gasteiger partial charge in [-0.15, -0.1) is 0 Å². The molecule has 0 rings (SSSR count). The predicted molar refractivity (Wildman–Crippen MR) is 39.4 cm³/mol. The van der Waals surface area contributed by atoms with Crippen LogP contribution in [0.15, 0.2) is 5.16 Å². The van der Waals surface area contributed by atoms with E-state index in [1.165, 1.54) is 0 Å². The van der Waals surface area contributed by atoms with Crippen molar-refractivity contribution >= 4 is 11.5 Å². The summed E-state index contributed by atoms with van der Waals surface area (Å²) >= 11 is 0. The molecule has 1 N–H and O–H groups in total. The van der Waals surface area contributed by atoms with Crippen LogP contribution in [0.2, 0.25) is 0 Å². The maximum atomic E-state index is 10.4. The van der Waals surface area contributed by atoms with Gasteiger partial charge in [-0.2, -0.15) is 0 Å². The Morgan fingerprint density at radius 1 is 1.40 bits per heavy atom. The first kappa shape index (κ1) is 9.14. The summed E-state index contributed by atoms with van der Waals surface area (Å²) in [4.78, 5) is 10.4. The molecule has 0 unspecified atom stereocenters. The fourth-order valence-corrected chi connectivity index (χ4v) is 0.643. The van der Waals surface area contributed by atoms with Crippen molar-refractivity contribution in [3.05, 3.63) is 0 Å². The molecule has 0 aliphatic rings. The molecule has 0 aliphatic heterocycles. The molecule has 0 aromatic heterocycles. The second kappa shape index (κ2) is 4.97. The molecule has 3 nitrogen and oxygen atoms in total. The summed E-state index contributed by atoms with van der Waals surface area (Å²) in [5.74, 6) is 0.186. The molecule has 0 fully saturated rings. The minimum atomic E-state index is 0.186. The summed E-state index contributed by atoms with van der Waals surface area (Å²) in [6, 6.07) is 0. The van der Waals surface area contributed by atoms with Gasteiger partial charge in [0, 0.05) is 6.42 Å². The number of hydrogen-bond donors (Lipinski definition) is 1. The maximum Gasteiger partial charge on any atom is 0.129 e. The van der Waals surface area contributed by atoms with E-state index in [-0.39, 0.29) is 5.78 Å². The van der Waals surface area contributed by atoms with Crippen molar-refractivity contribution in [2.45, 2.75) is 33.1 Å². The normalized spacial score (nSPS) is 11.6. The van der Waals surface area contributed by atoms with Crippen LogP contribution >= 0.6 is 0 Å². The third-order valence-corrected chi connectivity index (χ3v) is 1.24. The van der Waals surface area contributed by atoms with Crippen LogP contribution in [-0.2, 0) is 4.79 Å². The first-order valence-corrected chi connectivity index (χ1v) is 3.33. The van der Waals surface area contributed by atoms with Gasteiger partial charge in [0.1, 0.15) is 5.78 Å².